The van der Waals surface area contributed by atoms with E-state index in [-0.39, 0.29) is 30.3 Å². The van der Waals surface area contributed by atoms with Gasteiger partial charge >= 0.3 is 5.97 Å². The van der Waals surface area contributed by atoms with Crippen LogP contribution in [-0.2, 0) is 4.79 Å². The normalized spacial score (nSPS) is 20.5. The zero-order valence-electron chi connectivity index (χ0n) is 12.7. The number of hydrogen-bond donors (Lipinski definition) is 2. The van der Waals surface area contributed by atoms with E-state index in [4.69, 9.17) is 5.11 Å². The molecule has 2 rings (SSSR count). The molecule has 1 fully saturated rings. The summed E-state index contributed by atoms with van der Waals surface area (Å²) in [6.45, 7) is 4.13. The highest BCUT2D eigenvalue weighted by molar-refractivity contribution is 7.15. The summed E-state index contributed by atoms with van der Waals surface area (Å²) in [4.78, 5) is 37.1. The first-order valence-corrected chi connectivity index (χ1v) is 8.09. The number of hydrogen-bond acceptors (Lipinski definition) is 5. The third kappa shape index (κ3) is 3.92. The Bertz CT molecular complexity index is 578. The van der Waals surface area contributed by atoms with Crippen molar-refractivity contribution in [2.75, 3.05) is 13.1 Å². The Kier molecular flexibility index (Phi) is 5.31. The van der Waals surface area contributed by atoms with E-state index in [0.29, 0.717) is 16.3 Å². The molecule has 1 amide bonds. The van der Waals surface area contributed by atoms with Crippen molar-refractivity contribution in [1.29, 1.82) is 0 Å². The minimum atomic E-state index is -0.829. The Morgan fingerprint density at radius 2 is 1.95 bits per heavy atom. The maximum absolute atomic E-state index is 12.1. The molecule has 0 bridgehead atoms. The van der Waals surface area contributed by atoms with Crippen molar-refractivity contribution in [3.8, 4) is 0 Å². The van der Waals surface area contributed by atoms with Crippen LogP contribution >= 0.6 is 11.3 Å². The van der Waals surface area contributed by atoms with E-state index in [1.165, 1.54) is 18.3 Å². The van der Waals surface area contributed by atoms with Crippen LogP contribution in [-0.4, -0.2) is 52.8 Å². The maximum atomic E-state index is 12.1. The topological polar surface area (TPSA) is 86.7 Å². The van der Waals surface area contributed by atoms with Crippen LogP contribution in [0.3, 0.4) is 0 Å². The molecule has 0 aromatic carbocycles. The van der Waals surface area contributed by atoms with Crippen molar-refractivity contribution in [3.63, 3.8) is 0 Å². The van der Waals surface area contributed by atoms with Gasteiger partial charge in [-0.3, -0.25) is 19.3 Å². The van der Waals surface area contributed by atoms with Gasteiger partial charge in [-0.25, -0.2) is 0 Å². The average molecular weight is 324 g/mol. The number of rotatable bonds is 7. The number of likely N-dealkylation sites (N-methyl/N-ethyl adjacent to an activating group) is 1. The SMILES string of the molecule is CCN(CC(=O)O)C1CC(NC(=O)c2ccc(C(C)=O)s2)C1. The highest BCUT2D eigenvalue weighted by Gasteiger charge is 2.34. The summed E-state index contributed by atoms with van der Waals surface area (Å²) in [6, 6.07) is 3.61. The van der Waals surface area contributed by atoms with E-state index in [1.54, 1.807) is 12.1 Å². The molecule has 0 aliphatic heterocycles. The highest BCUT2D eigenvalue weighted by Crippen LogP contribution is 2.26. The Morgan fingerprint density at radius 3 is 2.45 bits per heavy atom. The molecule has 0 radical (unpaired) electrons. The minimum absolute atomic E-state index is 0.0364. The summed E-state index contributed by atoms with van der Waals surface area (Å²) in [6.07, 6.45) is 1.52. The average Bonchev–Trinajstić information content (AvgIpc) is 2.89. The van der Waals surface area contributed by atoms with E-state index < -0.39 is 5.97 Å². The van der Waals surface area contributed by atoms with Crippen LogP contribution in [0, 0.1) is 0 Å². The number of nitrogens with zero attached hydrogens (tertiary/aromatic N) is 1. The second kappa shape index (κ2) is 7.02. The monoisotopic (exact) mass is 324 g/mol. The van der Waals surface area contributed by atoms with Gasteiger partial charge in [0.05, 0.1) is 16.3 Å². The number of aliphatic carboxylic acids is 1. The molecular weight excluding hydrogens is 304 g/mol. The number of carbonyl (C=O) groups is 3. The fourth-order valence-electron chi connectivity index (χ4n) is 2.58. The molecule has 1 saturated carbocycles. The molecule has 1 aliphatic rings. The lowest BCUT2D eigenvalue weighted by Gasteiger charge is -2.42. The highest BCUT2D eigenvalue weighted by atomic mass is 32.1. The summed E-state index contributed by atoms with van der Waals surface area (Å²) >= 11 is 1.20. The molecule has 2 N–H and O–H groups in total. The quantitative estimate of drug-likeness (QED) is 0.744. The van der Waals surface area contributed by atoms with Crippen LogP contribution in [0.15, 0.2) is 12.1 Å². The van der Waals surface area contributed by atoms with Crippen molar-refractivity contribution < 1.29 is 19.5 Å². The van der Waals surface area contributed by atoms with Crippen molar-refractivity contribution in [2.45, 2.75) is 38.8 Å². The van der Waals surface area contributed by atoms with Crippen LogP contribution < -0.4 is 5.32 Å². The van der Waals surface area contributed by atoms with Crippen LogP contribution in [0.25, 0.3) is 0 Å². The fraction of sp³-hybridized carbons (Fsp3) is 0.533. The van der Waals surface area contributed by atoms with Gasteiger partial charge in [0.25, 0.3) is 5.91 Å². The van der Waals surface area contributed by atoms with Crippen LogP contribution in [0.1, 0.15) is 46.0 Å². The smallest absolute Gasteiger partial charge is 0.317 e. The number of nitrogens with one attached hydrogen (secondary N) is 1. The molecule has 0 unspecified atom stereocenters. The molecule has 0 saturated heterocycles. The third-order valence-corrected chi connectivity index (χ3v) is 5.07. The number of carboxylic acids is 1. The van der Waals surface area contributed by atoms with Gasteiger partial charge in [0, 0.05) is 12.1 Å². The number of carbonyl (C=O) groups excluding carboxylic acids is 2. The summed E-state index contributed by atoms with van der Waals surface area (Å²) in [7, 11) is 0. The second-order valence-corrected chi connectivity index (χ2v) is 6.56. The predicted molar refractivity (Wildman–Crippen MR) is 83.5 cm³/mol. The Balaban J connectivity index is 1.82. The van der Waals surface area contributed by atoms with E-state index >= 15 is 0 Å². The molecule has 7 heteroatoms. The molecule has 1 aliphatic carbocycles. The molecule has 120 valence electrons. The molecule has 1 aromatic rings. The van der Waals surface area contributed by atoms with Gasteiger partial charge in [0.15, 0.2) is 5.78 Å². The summed E-state index contributed by atoms with van der Waals surface area (Å²) in [5, 5.41) is 11.8. The predicted octanol–water partition coefficient (Wildman–Crippen LogP) is 1.62. The van der Waals surface area contributed by atoms with Crippen LogP contribution in [0.2, 0.25) is 0 Å². The molecule has 6 nitrogen and oxygen atoms in total. The maximum Gasteiger partial charge on any atom is 0.317 e. The van der Waals surface area contributed by atoms with Gasteiger partial charge in [-0.05, 0) is 38.4 Å². The lowest BCUT2D eigenvalue weighted by atomic mass is 9.85. The number of thiophene rings is 1. The van der Waals surface area contributed by atoms with Crippen molar-refractivity contribution in [3.05, 3.63) is 21.9 Å². The molecule has 22 heavy (non-hydrogen) atoms. The standard InChI is InChI=1S/C15H20N2O4S/c1-3-17(8-14(19)20)11-6-10(7-11)16-15(21)13-5-4-12(22-13)9(2)18/h4-5,10-11H,3,6-8H2,1-2H3,(H,16,21)(H,19,20). The van der Waals surface area contributed by atoms with E-state index in [1.807, 2.05) is 11.8 Å². The fourth-order valence-corrected chi connectivity index (χ4v) is 3.39. The van der Waals surface area contributed by atoms with Crippen LogP contribution in [0.4, 0.5) is 0 Å². The summed E-state index contributed by atoms with van der Waals surface area (Å²) < 4.78 is 0. The number of Topliss-reactive ketones (excluding diaryl/α,β-unsaturated/α-hetero) is 1. The minimum Gasteiger partial charge on any atom is -0.480 e. The van der Waals surface area contributed by atoms with Gasteiger partial charge in [-0.15, -0.1) is 11.3 Å². The third-order valence-electron chi connectivity index (χ3n) is 3.89. The van der Waals surface area contributed by atoms with Crippen LogP contribution in [0.5, 0.6) is 0 Å². The number of amides is 1. The molecule has 1 heterocycles. The Morgan fingerprint density at radius 1 is 1.32 bits per heavy atom. The lowest BCUT2D eigenvalue weighted by molar-refractivity contribution is -0.139. The largest absolute Gasteiger partial charge is 0.480 e. The lowest BCUT2D eigenvalue weighted by Crippen LogP contribution is -2.54. The van der Waals surface area contributed by atoms with Gasteiger partial charge < -0.3 is 10.4 Å². The Labute approximate surface area is 133 Å². The van der Waals surface area contributed by atoms with E-state index in [0.717, 1.165) is 12.8 Å². The molecular formula is C15H20N2O4S. The second-order valence-electron chi connectivity index (χ2n) is 5.47. The van der Waals surface area contributed by atoms with E-state index in [9.17, 15) is 14.4 Å². The van der Waals surface area contributed by atoms with Crippen molar-refractivity contribution >= 4 is 29.0 Å². The molecule has 0 atom stereocenters. The first-order chi connectivity index (χ1) is 10.4. The zero-order chi connectivity index (χ0) is 16.3. The van der Waals surface area contributed by atoms with Gasteiger partial charge in [0.2, 0.25) is 0 Å². The van der Waals surface area contributed by atoms with Gasteiger partial charge in [0.1, 0.15) is 0 Å². The number of ketones is 1. The molecule has 0 spiro atoms. The van der Waals surface area contributed by atoms with Gasteiger partial charge in [-0.1, -0.05) is 6.92 Å². The first-order valence-electron chi connectivity index (χ1n) is 7.28. The van der Waals surface area contributed by atoms with Crippen molar-refractivity contribution in [1.82, 2.24) is 10.2 Å². The summed E-state index contributed by atoms with van der Waals surface area (Å²) in [5.74, 6) is -1.04. The Hall–Kier alpha value is -1.73. The van der Waals surface area contributed by atoms with E-state index in [2.05, 4.69) is 5.32 Å². The zero-order valence-corrected chi connectivity index (χ0v) is 13.5. The molecule has 1 aromatic heterocycles. The summed E-state index contributed by atoms with van der Waals surface area (Å²) in [5.41, 5.74) is 0. The van der Waals surface area contributed by atoms with Crippen molar-refractivity contribution in [2.24, 2.45) is 0 Å². The first kappa shape index (κ1) is 16.6. The van der Waals surface area contributed by atoms with Gasteiger partial charge in [-0.2, -0.15) is 0 Å². The number of carboxylic acid groups (broad SMARTS) is 1.